The third-order valence-corrected chi connectivity index (χ3v) is 2.03. The molecule has 1 unspecified atom stereocenters. The Balaban J connectivity index is 2.68. The molecule has 1 aliphatic rings. The molecule has 4 N–H and O–H groups in total. The average Bonchev–Trinajstić information content (AvgIpc) is 2.30. The second-order valence-electron chi connectivity index (χ2n) is 3.05. The summed E-state index contributed by atoms with van der Waals surface area (Å²) in [4.78, 5) is 0. The van der Waals surface area contributed by atoms with Crippen molar-refractivity contribution in [1.82, 2.24) is 4.70 Å². The number of anilines is 1. The zero-order valence-corrected chi connectivity index (χ0v) is 6.86. The normalized spacial score (nSPS) is 25.8. The zero-order chi connectivity index (χ0) is 8.77. The fourth-order valence-electron chi connectivity index (χ4n) is 1.35. The number of rotatable bonds is 0. The van der Waals surface area contributed by atoms with Gasteiger partial charge in [0.15, 0.2) is 5.69 Å². The molecule has 0 fully saturated rings. The number of fused-ring (bicyclic) bond motifs is 1. The van der Waals surface area contributed by atoms with E-state index in [4.69, 9.17) is 11.6 Å². The van der Waals surface area contributed by atoms with Crippen LogP contribution in [0.5, 0.6) is 0 Å². The van der Waals surface area contributed by atoms with Crippen LogP contribution < -0.4 is 16.3 Å². The van der Waals surface area contributed by atoms with Crippen molar-refractivity contribution in [2.45, 2.75) is 0 Å². The Hall–Kier alpha value is -1.39. The highest BCUT2D eigenvalue weighted by atomic mass is 15.8. The van der Waals surface area contributed by atoms with Crippen LogP contribution in [0.3, 0.4) is 0 Å². The lowest BCUT2D eigenvalue weighted by Gasteiger charge is -2.16. The Morgan fingerprint density at radius 3 is 2.83 bits per heavy atom. The van der Waals surface area contributed by atoms with Gasteiger partial charge in [0.05, 0.1) is 5.56 Å². The monoisotopic (exact) mass is 163 g/mol. The van der Waals surface area contributed by atoms with Gasteiger partial charge < -0.3 is 5.73 Å². The number of hydrogen-bond donors (Lipinski definition) is 2. The van der Waals surface area contributed by atoms with E-state index in [2.05, 4.69) is 5.10 Å². The van der Waals surface area contributed by atoms with Crippen molar-refractivity contribution >= 4 is 17.6 Å². The Kier molecular flexibility index (Phi) is 1.25. The lowest BCUT2D eigenvalue weighted by molar-refractivity contribution is 0.373. The molecule has 0 radical (unpaired) electrons. The van der Waals surface area contributed by atoms with Crippen molar-refractivity contribution in [3.05, 3.63) is 23.8 Å². The van der Waals surface area contributed by atoms with Gasteiger partial charge in [0, 0.05) is 11.8 Å². The zero-order valence-electron chi connectivity index (χ0n) is 6.86. The van der Waals surface area contributed by atoms with Gasteiger partial charge >= 0.3 is 0 Å². The topological polar surface area (TPSA) is 64.4 Å². The van der Waals surface area contributed by atoms with Crippen molar-refractivity contribution < 1.29 is 0 Å². The third kappa shape index (κ3) is 0.823. The number of nitrogen functional groups attached to an aromatic ring is 1. The smallest absolute Gasteiger partial charge is 0.189 e. The van der Waals surface area contributed by atoms with E-state index in [-0.39, 0.29) is 4.70 Å². The molecule has 2 rings (SSSR count). The van der Waals surface area contributed by atoms with Gasteiger partial charge in [-0.25, -0.2) is 0 Å². The number of nitrogens with two attached hydrogens (primary N) is 2. The molecule has 1 aromatic rings. The predicted molar refractivity (Wildman–Crippen MR) is 50.4 cm³/mol. The summed E-state index contributed by atoms with van der Waals surface area (Å²) in [7, 11) is 1.81. The Morgan fingerprint density at radius 2 is 2.17 bits per heavy atom. The molecule has 1 heterocycles. The number of quaternary nitrogens is 1. The summed E-state index contributed by atoms with van der Waals surface area (Å²) < 4.78 is 0.0420. The van der Waals surface area contributed by atoms with E-state index in [1.807, 2.05) is 25.2 Å². The van der Waals surface area contributed by atoms with Crippen molar-refractivity contribution in [2.24, 2.45) is 10.9 Å². The van der Waals surface area contributed by atoms with E-state index in [9.17, 15) is 0 Å². The summed E-state index contributed by atoms with van der Waals surface area (Å²) in [5, 5.41) is 4.11. The van der Waals surface area contributed by atoms with Crippen molar-refractivity contribution in [3.63, 3.8) is 0 Å². The van der Waals surface area contributed by atoms with Gasteiger partial charge in [0.2, 0.25) is 0 Å². The summed E-state index contributed by atoms with van der Waals surface area (Å²) >= 11 is 0. The number of benzene rings is 1. The molecule has 1 aromatic carbocycles. The first-order valence-electron chi connectivity index (χ1n) is 3.71. The maximum Gasteiger partial charge on any atom is 0.189 e. The van der Waals surface area contributed by atoms with Crippen LogP contribution in [0.25, 0.3) is 0 Å². The molecule has 0 spiro atoms. The largest absolute Gasteiger partial charge is 0.398 e. The van der Waals surface area contributed by atoms with Crippen LogP contribution >= 0.6 is 0 Å². The molecule has 0 aliphatic carbocycles. The Labute approximate surface area is 70.6 Å². The van der Waals surface area contributed by atoms with Crippen LogP contribution in [0.2, 0.25) is 0 Å². The fourth-order valence-corrected chi connectivity index (χ4v) is 1.35. The van der Waals surface area contributed by atoms with Crippen LogP contribution in [-0.2, 0) is 0 Å². The van der Waals surface area contributed by atoms with E-state index in [0.29, 0.717) is 0 Å². The van der Waals surface area contributed by atoms with Crippen LogP contribution in [0.15, 0.2) is 23.3 Å². The van der Waals surface area contributed by atoms with Gasteiger partial charge in [-0.2, -0.15) is 0 Å². The van der Waals surface area contributed by atoms with Crippen LogP contribution in [0.4, 0.5) is 11.4 Å². The highest BCUT2D eigenvalue weighted by Gasteiger charge is 2.29. The number of nitrogens with zero attached hydrogens (tertiary/aromatic N) is 2. The minimum absolute atomic E-state index is 0.0420. The maximum atomic E-state index is 5.84. The molecule has 1 atom stereocenters. The SMILES string of the molecule is C[N+]1(N)N=Cc2c(N)cccc21. The Bertz CT molecular complexity index is 354. The highest BCUT2D eigenvalue weighted by molar-refractivity contribution is 5.96. The van der Waals surface area contributed by atoms with Gasteiger partial charge in [0.25, 0.3) is 0 Å². The first-order valence-corrected chi connectivity index (χ1v) is 3.71. The molecule has 0 bridgehead atoms. The van der Waals surface area contributed by atoms with Gasteiger partial charge in [-0.05, 0) is 6.07 Å². The lowest BCUT2D eigenvalue weighted by Crippen LogP contribution is -2.45. The summed E-state index contributed by atoms with van der Waals surface area (Å²) in [5.41, 5.74) is 8.33. The quantitative estimate of drug-likeness (QED) is 0.331. The summed E-state index contributed by atoms with van der Waals surface area (Å²) in [6.07, 6.45) is 1.71. The Morgan fingerprint density at radius 1 is 1.42 bits per heavy atom. The standard InChI is InChI=1S/C8H11N4/c1-12(10)8-4-2-3-7(9)6(8)5-11-12/h2-5H,9-10H2,1H3/q+1. The molecule has 4 heteroatoms. The van der Waals surface area contributed by atoms with E-state index in [1.165, 1.54) is 0 Å². The van der Waals surface area contributed by atoms with Crippen LogP contribution in [0.1, 0.15) is 5.56 Å². The van der Waals surface area contributed by atoms with E-state index in [1.54, 1.807) is 6.21 Å². The van der Waals surface area contributed by atoms with Gasteiger partial charge in [-0.3, -0.25) is 0 Å². The molecular weight excluding hydrogens is 152 g/mol. The van der Waals surface area contributed by atoms with Crippen molar-refractivity contribution in [1.29, 1.82) is 0 Å². The molecule has 1 aliphatic heterocycles. The second kappa shape index (κ2) is 2.06. The lowest BCUT2D eigenvalue weighted by atomic mass is 10.1. The van der Waals surface area contributed by atoms with Gasteiger partial charge in [-0.15, -0.1) is 5.84 Å². The van der Waals surface area contributed by atoms with Crippen molar-refractivity contribution in [2.75, 3.05) is 12.8 Å². The number of hydrogen-bond acceptors (Lipinski definition) is 3. The second-order valence-corrected chi connectivity index (χ2v) is 3.05. The van der Waals surface area contributed by atoms with E-state index < -0.39 is 0 Å². The van der Waals surface area contributed by atoms with Crippen molar-refractivity contribution in [3.8, 4) is 0 Å². The minimum Gasteiger partial charge on any atom is -0.398 e. The van der Waals surface area contributed by atoms with Gasteiger partial charge in [-0.1, -0.05) is 15.9 Å². The average molecular weight is 163 g/mol. The predicted octanol–water partition coefficient (Wildman–Crippen LogP) is 0.427. The van der Waals surface area contributed by atoms with Gasteiger partial charge in [0.1, 0.15) is 13.3 Å². The van der Waals surface area contributed by atoms with E-state index >= 15 is 0 Å². The molecule has 4 nitrogen and oxygen atoms in total. The summed E-state index contributed by atoms with van der Waals surface area (Å²) in [6.45, 7) is 0. The minimum atomic E-state index is 0.0420. The molecule has 62 valence electrons. The first-order chi connectivity index (χ1) is 5.61. The van der Waals surface area contributed by atoms with Crippen LogP contribution in [0, 0.1) is 0 Å². The van der Waals surface area contributed by atoms with E-state index in [0.717, 1.165) is 16.9 Å². The summed E-state index contributed by atoms with van der Waals surface area (Å²) in [6, 6.07) is 5.65. The molecule has 0 aromatic heterocycles. The molecule has 12 heavy (non-hydrogen) atoms. The molecule has 0 saturated carbocycles. The third-order valence-electron chi connectivity index (χ3n) is 2.03. The van der Waals surface area contributed by atoms with Crippen LogP contribution in [-0.4, -0.2) is 13.3 Å². The highest BCUT2D eigenvalue weighted by Crippen LogP contribution is 2.30. The summed E-state index contributed by atoms with van der Waals surface area (Å²) in [5.74, 6) is 5.84. The molecular formula is C8H11N4+. The molecule has 0 saturated heterocycles. The fraction of sp³-hybridized carbons (Fsp3) is 0.125. The molecule has 0 amide bonds. The maximum absolute atomic E-state index is 5.84. The first kappa shape index (κ1) is 7.27.